The fourth-order valence-electron chi connectivity index (χ4n) is 4.52. The average Bonchev–Trinajstić information content (AvgIpc) is 3.08. The molecule has 2 aliphatic rings. The van der Waals surface area contributed by atoms with E-state index < -0.39 is 0 Å². The number of carbonyl (C=O) groups is 1. The Balaban J connectivity index is 1.45. The van der Waals surface area contributed by atoms with Crippen LogP contribution in [-0.4, -0.2) is 56.7 Å². The molecule has 0 radical (unpaired) electrons. The van der Waals surface area contributed by atoms with Gasteiger partial charge in [0.1, 0.15) is 11.6 Å². The Morgan fingerprint density at radius 3 is 2.71 bits per heavy atom. The van der Waals surface area contributed by atoms with Crippen molar-refractivity contribution < 1.29 is 4.79 Å². The summed E-state index contributed by atoms with van der Waals surface area (Å²) in [7, 11) is 2.08. The molecule has 1 atom stereocenters. The summed E-state index contributed by atoms with van der Waals surface area (Å²) in [6.45, 7) is 6.76. The van der Waals surface area contributed by atoms with E-state index in [2.05, 4.69) is 26.7 Å². The van der Waals surface area contributed by atoms with Gasteiger partial charge in [0.2, 0.25) is 0 Å². The number of benzene rings is 1. The van der Waals surface area contributed by atoms with E-state index in [1.807, 2.05) is 36.1 Å². The molecular weight excluding hydrogens is 350 g/mol. The van der Waals surface area contributed by atoms with Gasteiger partial charge in [0.15, 0.2) is 0 Å². The quantitative estimate of drug-likeness (QED) is 0.816. The van der Waals surface area contributed by atoms with Crippen LogP contribution >= 0.6 is 0 Å². The lowest BCUT2D eigenvalue weighted by Gasteiger charge is -2.32. The highest BCUT2D eigenvalue weighted by Gasteiger charge is 2.29. The van der Waals surface area contributed by atoms with Crippen LogP contribution in [-0.2, 0) is 13.6 Å². The molecule has 150 valence electrons. The maximum atomic E-state index is 13.0. The largest absolute Gasteiger partial charge is 0.338 e. The average molecular weight is 382 g/mol. The third-order valence-electron chi connectivity index (χ3n) is 6.15. The highest BCUT2D eigenvalue weighted by molar-refractivity contribution is 5.94. The zero-order chi connectivity index (χ0) is 19.5. The smallest absolute Gasteiger partial charge is 0.253 e. The van der Waals surface area contributed by atoms with Crippen molar-refractivity contribution in [3.63, 3.8) is 0 Å². The summed E-state index contributed by atoms with van der Waals surface area (Å²) in [5.74, 6) is 2.45. The highest BCUT2D eigenvalue weighted by Crippen LogP contribution is 2.27. The van der Waals surface area contributed by atoms with Crippen LogP contribution in [0, 0.1) is 6.92 Å². The second kappa shape index (κ2) is 8.43. The van der Waals surface area contributed by atoms with Crippen LogP contribution < -0.4 is 0 Å². The minimum absolute atomic E-state index is 0.129. The molecule has 1 aromatic carbocycles. The van der Waals surface area contributed by atoms with Crippen molar-refractivity contribution in [2.24, 2.45) is 7.05 Å². The van der Waals surface area contributed by atoms with Crippen molar-refractivity contribution in [2.75, 3.05) is 26.2 Å². The Bertz CT molecular complexity index is 824. The van der Waals surface area contributed by atoms with Crippen LogP contribution in [0.25, 0.3) is 0 Å². The van der Waals surface area contributed by atoms with Crippen LogP contribution in [0.15, 0.2) is 24.3 Å². The first kappa shape index (κ1) is 19.1. The highest BCUT2D eigenvalue weighted by atomic mass is 16.2. The van der Waals surface area contributed by atoms with E-state index in [-0.39, 0.29) is 11.8 Å². The summed E-state index contributed by atoms with van der Waals surface area (Å²) in [4.78, 5) is 17.4. The number of likely N-dealkylation sites (tertiary alicyclic amines) is 2. The molecule has 0 N–H and O–H groups in total. The molecular formula is C22H31N5O. The van der Waals surface area contributed by atoms with Crippen molar-refractivity contribution in [3.05, 3.63) is 47.0 Å². The molecule has 0 spiro atoms. The van der Waals surface area contributed by atoms with Crippen LogP contribution in [0.5, 0.6) is 0 Å². The summed E-state index contributed by atoms with van der Waals surface area (Å²) >= 11 is 0. The molecule has 3 heterocycles. The molecule has 28 heavy (non-hydrogen) atoms. The Morgan fingerprint density at radius 1 is 1.11 bits per heavy atom. The van der Waals surface area contributed by atoms with Gasteiger partial charge >= 0.3 is 0 Å². The molecule has 0 unspecified atom stereocenters. The lowest BCUT2D eigenvalue weighted by Crippen LogP contribution is -2.39. The van der Waals surface area contributed by atoms with Gasteiger partial charge in [0, 0.05) is 31.6 Å². The first-order chi connectivity index (χ1) is 13.6. The van der Waals surface area contributed by atoms with E-state index >= 15 is 0 Å². The van der Waals surface area contributed by atoms with E-state index in [1.165, 1.54) is 19.3 Å². The van der Waals surface area contributed by atoms with Gasteiger partial charge in [-0.25, -0.2) is 0 Å². The third-order valence-corrected chi connectivity index (χ3v) is 6.15. The van der Waals surface area contributed by atoms with Crippen LogP contribution in [0.1, 0.15) is 65.6 Å². The lowest BCUT2D eigenvalue weighted by molar-refractivity contribution is 0.0703. The Morgan fingerprint density at radius 2 is 1.93 bits per heavy atom. The van der Waals surface area contributed by atoms with Gasteiger partial charge in [-0.2, -0.15) is 0 Å². The summed E-state index contributed by atoms with van der Waals surface area (Å²) in [5, 5.41) is 9.03. The second-order valence-electron chi connectivity index (χ2n) is 8.33. The van der Waals surface area contributed by atoms with E-state index in [0.29, 0.717) is 0 Å². The zero-order valence-corrected chi connectivity index (χ0v) is 17.1. The molecule has 6 heteroatoms. The zero-order valence-electron chi connectivity index (χ0n) is 17.1. The predicted octanol–water partition coefficient (Wildman–Crippen LogP) is 3.13. The number of hydrogen-bond donors (Lipinski definition) is 0. The summed E-state index contributed by atoms with van der Waals surface area (Å²) in [5.41, 5.74) is 1.90. The first-order valence-corrected chi connectivity index (χ1v) is 10.6. The topological polar surface area (TPSA) is 54.3 Å². The first-order valence-electron chi connectivity index (χ1n) is 10.6. The fraction of sp³-hybridized carbons (Fsp3) is 0.591. The maximum absolute atomic E-state index is 13.0. The summed E-state index contributed by atoms with van der Waals surface area (Å²) < 4.78 is 2.17. The van der Waals surface area contributed by atoms with Gasteiger partial charge in [-0.05, 0) is 57.8 Å². The van der Waals surface area contributed by atoms with E-state index in [0.717, 1.165) is 68.3 Å². The number of rotatable bonds is 4. The van der Waals surface area contributed by atoms with Gasteiger partial charge in [0.25, 0.3) is 5.91 Å². The maximum Gasteiger partial charge on any atom is 0.253 e. The Hall–Kier alpha value is -2.21. The standard InChI is InChI=1S/C22H31N5O/c1-17-8-6-9-18(14-17)22(28)27-13-7-10-19(15-27)21-24-23-20(25(21)2)16-26-11-4-3-5-12-26/h6,8-9,14,19H,3-5,7,10-13,15-16H2,1-2H3/t19-/m1/s1. The van der Waals surface area contributed by atoms with Gasteiger partial charge in [-0.15, -0.1) is 10.2 Å². The number of carbonyl (C=O) groups excluding carboxylic acids is 1. The number of hydrogen-bond acceptors (Lipinski definition) is 4. The van der Waals surface area contributed by atoms with E-state index in [1.54, 1.807) is 0 Å². The van der Waals surface area contributed by atoms with Gasteiger partial charge < -0.3 is 9.47 Å². The molecule has 2 fully saturated rings. The summed E-state index contributed by atoms with van der Waals surface area (Å²) in [6.07, 6.45) is 5.98. The SMILES string of the molecule is Cc1cccc(C(=O)N2CCC[C@@H](c3nnc(CN4CCCCC4)n3C)C2)c1. The fourth-order valence-corrected chi connectivity index (χ4v) is 4.52. The van der Waals surface area contributed by atoms with Crippen molar-refractivity contribution in [3.8, 4) is 0 Å². The van der Waals surface area contributed by atoms with E-state index in [9.17, 15) is 4.79 Å². The molecule has 1 aromatic heterocycles. The van der Waals surface area contributed by atoms with Crippen LogP contribution in [0.3, 0.4) is 0 Å². The number of amides is 1. The molecule has 0 saturated carbocycles. The van der Waals surface area contributed by atoms with Gasteiger partial charge in [-0.1, -0.05) is 24.1 Å². The van der Waals surface area contributed by atoms with Gasteiger partial charge in [-0.3, -0.25) is 9.69 Å². The molecule has 2 aromatic rings. The van der Waals surface area contributed by atoms with E-state index in [4.69, 9.17) is 0 Å². The van der Waals surface area contributed by atoms with Crippen molar-refractivity contribution >= 4 is 5.91 Å². The monoisotopic (exact) mass is 381 g/mol. The number of piperidine rings is 2. The molecule has 2 aliphatic heterocycles. The number of aromatic nitrogens is 3. The number of nitrogens with zero attached hydrogens (tertiary/aromatic N) is 5. The van der Waals surface area contributed by atoms with Crippen molar-refractivity contribution in [2.45, 2.75) is 51.5 Å². The molecule has 0 bridgehead atoms. The molecule has 6 nitrogen and oxygen atoms in total. The Labute approximate surface area is 167 Å². The summed E-state index contributed by atoms with van der Waals surface area (Å²) in [6, 6.07) is 7.88. The minimum atomic E-state index is 0.129. The molecule has 0 aliphatic carbocycles. The molecule has 2 saturated heterocycles. The minimum Gasteiger partial charge on any atom is -0.338 e. The molecule has 1 amide bonds. The Kier molecular flexibility index (Phi) is 5.76. The van der Waals surface area contributed by atoms with Crippen LogP contribution in [0.2, 0.25) is 0 Å². The predicted molar refractivity (Wildman–Crippen MR) is 109 cm³/mol. The molecule has 4 rings (SSSR count). The van der Waals surface area contributed by atoms with Crippen LogP contribution in [0.4, 0.5) is 0 Å². The van der Waals surface area contributed by atoms with Gasteiger partial charge in [0.05, 0.1) is 6.54 Å². The van der Waals surface area contributed by atoms with Crippen molar-refractivity contribution in [1.82, 2.24) is 24.6 Å². The second-order valence-corrected chi connectivity index (χ2v) is 8.33. The van der Waals surface area contributed by atoms with Crippen molar-refractivity contribution in [1.29, 1.82) is 0 Å². The number of aryl methyl sites for hydroxylation is 1. The third kappa shape index (κ3) is 4.12. The lowest BCUT2D eigenvalue weighted by atomic mass is 9.96. The normalized spacial score (nSPS) is 21.1.